The maximum Gasteiger partial charge on any atom is 0.182 e. The Balaban J connectivity index is 2.20. The molecule has 0 N–H and O–H groups in total. The summed E-state index contributed by atoms with van der Waals surface area (Å²) in [6, 6.07) is 11.1. The number of carbonyl (C=O) groups is 1. The quantitative estimate of drug-likeness (QED) is 0.750. The molecule has 0 saturated carbocycles. The molecule has 4 nitrogen and oxygen atoms in total. The summed E-state index contributed by atoms with van der Waals surface area (Å²) in [6.45, 7) is 1.99. The van der Waals surface area contributed by atoms with E-state index in [1.807, 2.05) is 24.3 Å². The van der Waals surface area contributed by atoms with Gasteiger partial charge in [0, 0.05) is 5.56 Å². The number of Topliss-reactive ketones (excluding diaryl/α,β-unsaturated/α-hetero) is 1. The predicted octanol–water partition coefficient (Wildman–Crippen LogP) is 1.95. The molecule has 4 heteroatoms. The molecule has 0 fully saturated rings. The number of imidazole rings is 1. The first-order valence-electron chi connectivity index (χ1n) is 5.22. The lowest BCUT2D eigenvalue weighted by Crippen LogP contribution is -2.10. The standard InChI is InChI=1S/C13H11N3O/c1-10-12(7-14)15-9-16(10)8-13(17)11-5-3-2-4-6-11/h2-6,9H,8H2,1H3. The summed E-state index contributed by atoms with van der Waals surface area (Å²) >= 11 is 0. The zero-order valence-electron chi connectivity index (χ0n) is 9.42. The normalized spacial score (nSPS) is 9.88. The third-order valence-corrected chi connectivity index (χ3v) is 2.62. The van der Waals surface area contributed by atoms with Gasteiger partial charge in [-0.15, -0.1) is 0 Å². The predicted molar refractivity (Wildman–Crippen MR) is 62.5 cm³/mol. The number of benzene rings is 1. The van der Waals surface area contributed by atoms with Gasteiger partial charge in [0.05, 0.1) is 18.6 Å². The molecule has 0 amide bonds. The Bertz CT molecular complexity index is 578. The molecule has 0 spiro atoms. The molecule has 0 bridgehead atoms. The Morgan fingerprint density at radius 2 is 2.12 bits per heavy atom. The lowest BCUT2D eigenvalue weighted by molar-refractivity contribution is 0.0971. The van der Waals surface area contributed by atoms with Crippen molar-refractivity contribution in [2.75, 3.05) is 0 Å². The zero-order valence-corrected chi connectivity index (χ0v) is 9.42. The summed E-state index contributed by atoms with van der Waals surface area (Å²) in [7, 11) is 0. The van der Waals surface area contributed by atoms with Gasteiger partial charge in [0.25, 0.3) is 0 Å². The van der Waals surface area contributed by atoms with Crippen molar-refractivity contribution in [3.05, 3.63) is 53.6 Å². The second kappa shape index (κ2) is 4.62. The van der Waals surface area contributed by atoms with E-state index in [1.54, 1.807) is 23.6 Å². The van der Waals surface area contributed by atoms with E-state index in [0.717, 1.165) is 5.69 Å². The maximum atomic E-state index is 11.9. The molecule has 84 valence electrons. The van der Waals surface area contributed by atoms with Crippen molar-refractivity contribution < 1.29 is 4.79 Å². The van der Waals surface area contributed by atoms with Gasteiger partial charge in [-0.3, -0.25) is 4.79 Å². The van der Waals surface area contributed by atoms with E-state index in [1.165, 1.54) is 6.33 Å². The summed E-state index contributed by atoms with van der Waals surface area (Å²) in [5.74, 6) is 0.00981. The third kappa shape index (κ3) is 2.23. The second-order valence-electron chi connectivity index (χ2n) is 3.71. The fourth-order valence-electron chi connectivity index (χ4n) is 1.58. The number of ketones is 1. The first-order chi connectivity index (χ1) is 8.22. The van der Waals surface area contributed by atoms with Crippen LogP contribution in [0.3, 0.4) is 0 Å². The van der Waals surface area contributed by atoms with Crippen molar-refractivity contribution in [2.45, 2.75) is 13.5 Å². The molecule has 0 aliphatic heterocycles. The number of hydrogen-bond acceptors (Lipinski definition) is 3. The van der Waals surface area contributed by atoms with Crippen molar-refractivity contribution in [3.8, 4) is 6.07 Å². The average molecular weight is 225 g/mol. The van der Waals surface area contributed by atoms with Crippen LogP contribution in [0.2, 0.25) is 0 Å². The van der Waals surface area contributed by atoms with Gasteiger partial charge >= 0.3 is 0 Å². The molecule has 1 aromatic heterocycles. The van der Waals surface area contributed by atoms with Crippen molar-refractivity contribution >= 4 is 5.78 Å². The molecular weight excluding hydrogens is 214 g/mol. The summed E-state index contributed by atoms with van der Waals surface area (Å²) in [5.41, 5.74) is 1.75. The highest BCUT2D eigenvalue weighted by atomic mass is 16.1. The van der Waals surface area contributed by atoms with Crippen LogP contribution in [0.4, 0.5) is 0 Å². The molecule has 2 rings (SSSR count). The van der Waals surface area contributed by atoms with Crippen LogP contribution in [0.15, 0.2) is 36.7 Å². The van der Waals surface area contributed by atoms with Gasteiger partial charge < -0.3 is 4.57 Å². The Morgan fingerprint density at radius 1 is 1.41 bits per heavy atom. The van der Waals surface area contributed by atoms with E-state index in [4.69, 9.17) is 5.26 Å². The molecule has 0 atom stereocenters. The van der Waals surface area contributed by atoms with Crippen molar-refractivity contribution in [1.29, 1.82) is 5.26 Å². The first-order valence-corrected chi connectivity index (χ1v) is 5.22. The highest BCUT2D eigenvalue weighted by Gasteiger charge is 2.10. The summed E-state index contributed by atoms with van der Waals surface area (Å²) in [5, 5.41) is 8.77. The van der Waals surface area contributed by atoms with Gasteiger partial charge in [0.1, 0.15) is 6.07 Å². The summed E-state index contributed by atoms with van der Waals surface area (Å²) in [6.07, 6.45) is 1.52. The van der Waals surface area contributed by atoms with Gasteiger partial charge in [-0.1, -0.05) is 30.3 Å². The molecule has 2 aromatic rings. The monoisotopic (exact) mass is 225 g/mol. The van der Waals surface area contributed by atoms with Crippen LogP contribution in [0.1, 0.15) is 21.7 Å². The van der Waals surface area contributed by atoms with Crippen LogP contribution < -0.4 is 0 Å². The van der Waals surface area contributed by atoms with Crippen LogP contribution in [-0.2, 0) is 6.54 Å². The highest BCUT2D eigenvalue weighted by molar-refractivity contribution is 5.95. The second-order valence-corrected chi connectivity index (χ2v) is 3.71. The molecule has 0 radical (unpaired) electrons. The van der Waals surface area contributed by atoms with Gasteiger partial charge in [-0.25, -0.2) is 4.98 Å². The lowest BCUT2D eigenvalue weighted by atomic mass is 10.1. The zero-order chi connectivity index (χ0) is 12.3. The number of nitrogens with zero attached hydrogens (tertiary/aromatic N) is 3. The Hall–Kier alpha value is -2.41. The SMILES string of the molecule is Cc1c(C#N)ncn1CC(=O)c1ccccc1. The minimum absolute atomic E-state index is 0.00981. The molecular formula is C13H11N3O. The maximum absolute atomic E-state index is 11.9. The molecule has 1 aromatic carbocycles. The Kier molecular flexibility index (Phi) is 3.01. The van der Waals surface area contributed by atoms with Crippen LogP contribution in [0.5, 0.6) is 0 Å². The summed E-state index contributed by atoms with van der Waals surface area (Å²) < 4.78 is 1.69. The Morgan fingerprint density at radius 3 is 2.71 bits per heavy atom. The average Bonchev–Trinajstić information content (AvgIpc) is 2.71. The van der Waals surface area contributed by atoms with E-state index in [9.17, 15) is 4.79 Å². The molecule has 0 unspecified atom stereocenters. The lowest BCUT2D eigenvalue weighted by Gasteiger charge is -2.04. The minimum atomic E-state index is 0.00981. The third-order valence-electron chi connectivity index (χ3n) is 2.62. The van der Waals surface area contributed by atoms with Crippen molar-refractivity contribution in [2.24, 2.45) is 0 Å². The van der Waals surface area contributed by atoms with E-state index in [-0.39, 0.29) is 12.3 Å². The van der Waals surface area contributed by atoms with Gasteiger partial charge in [-0.2, -0.15) is 5.26 Å². The van der Waals surface area contributed by atoms with E-state index >= 15 is 0 Å². The molecule has 0 aliphatic carbocycles. The topological polar surface area (TPSA) is 58.7 Å². The van der Waals surface area contributed by atoms with Crippen LogP contribution in [0.25, 0.3) is 0 Å². The molecule has 0 aliphatic rings. The Labute approximate surface area is 99.1 Å². The van der Waals surface area contributed by atoms with Crippen LogP contribution in [-0.4, -0.2) is 15.3 Å². The van der Waals surface area contributed by atoms with Gasteiger partial charge in [0.2, 0.25) is 0 Å². The molecule has 1 heterocycles. The van der Waals surface area contributed by atoms with Crippen LogP contribution in [0, 0.1) is 18.3 Å². The van der Waals surface area contributed by atoms with Crippen molar-refractivity contribution in [3.63, 3.8) is 0 Å². The molecule has 17 heavy (non-hydrogen) atoms. The first kappa shape index (κ1) is 11.1. The van der Waals surface area contributed by atoms with E-state index in [2.05, 4.69) is 4.98 Å². The number of rotatable bonds is 3. The summed E-state index contributed by atoms with van der Waals surface area (Å²) in [4.78, 5) is 15.9. The molecule has 0 saturated heterocycles. The highest BCUT2D eigenvalue weighted by Crippen LogP contribution is 2.07. The fraction of sp³-hybridized carbons (Fsp3) is 0.154. The minimum Gasteiger partial charge on any atom is -0.326 e. The fourth-order valence-corrected chi connectivity index (χ4v) is 1.58. The van der Waals surface area contributed by atoms with E-state index < -0.39 is 0 Å². The van der Waals surface area contributed by atoms with Crippen molar-refractivity contribution in [1.82, 2.24) is 9.55 Å². The van der Waals surface area contributed by atoms with Gasteiger partial charge in [-0.05, 0) is 6.92 Å². The number of hydrogen-bond donors (Lipinski definition) is 0. The van der Waals surface area contributed by atoms with Gasteiger partial charge in [0.15, 0.2) is 11.5 Å². The number of carbonyl (C=O) groups excluding carboxylic acids is 1. The van der Waals surface area contributed by atoms with Crippen LogP contribution >= 0.6 is 0 Å². The number of nitriles is 1. The number of aromatic nitrogens is 2. The smallest absolute Gasteiger partial charge is 0.182 e. The largest absolute Gasteiger partial charge is 0.326 e. The van der Waals surface area contributed by atoms with E-state index in [0.29, 0.717) is 11.3 Å².